The smallest absolute Gasteiger partial charge is 0.255 e. The lowest BCUT2D eigenvalue weighted by Gasteiger charge is -2.48. The standard InChI is InChI=1S/C23H26N2O6.C3H8/c1-23-11(9-15(27)18(20(23)29)22(24)30)7-10-8-12-13(25(2)3)5-6-14(26)17(12)19(28)16(10)21(23)31-4;1-3-2/h5-6,10-11,26,29H,7-9H2,1-4H3,(H2,24,30);3H2,1-2H3. The molecule has 0 fully saturated rings. The molecule has 1 aromatic rings. The van der Waals surface area contributed by atoms with E-state index in [2.05, 4.69) is 13.8 Å². The van der Waals surface area contributed by atoms with Crippen LogP contribution < -0.4 is 10.6 Å². The molecule has 34 heavy (non-hydrogen) atoms. The number of ether oxygens (including phenoxy) is 1. The predicted octanol–water partition coefficient (Wildman–Crippen LogP) is 3.43. The van der Waals surface area contributed by atoms with E-state index < -0.39 is 28.4 Å². The fraction of sp³-hybridized carbons (Fsp3) is 0.500. The molecule has 184 valence electrons. The third-order valence-corrected chi connectivity index (χ3v) is 7.07. The number of nitrogens with two attached hydrogens (primary N) is 1. The zero-order valence-electron chi connectivity index (χ0n) is 20.7. The number of carbonyl (C=O) groups is 3. The van der Waals surface area contributed by atoms with Crippen LogP contribution in [-0.4, -0.2) is 48.9 Å². The first kappa shape index (κ1) is 25.3. The first-order valence-corrected chi connectivity index (χ1v) is 11.6. The summed E-state index contributed by atoms with van der Waals surface area (Å²) in [6.07, 6.45) is 2.21. The number of allylic oxidation sites excluding steroid dienone is 1. The quantitative estimate of drug-likeness (QED) is 0.577. The zero-order valence-corrected chi connectivity index (χ0v) is 20.7. The number of benzene rings is 1. The lowest BCUT2D eigenvalue weighted by Crippen LogP contribution is -2.48. The van der Waals surface area contributed by atoms with Gasteiger partial charge in [-0.25, -0.2) is 0 Å². The van der Waals surface area contributed by atoms with Crippen LogP contribution in [0.3, 0.4) is 0 Å². The van der Waals surface area contributed by atoms with Crippen LogP contribution in [0.2, 0.25) is 0 Å². The van der Waals surface area contributed by atoms with Crippen molar-refractivity contribution in [3.63, 3.8) is 0 Å². The van der Waals surface area contributed by atoms with E-state index in [1.807, 2.05) is 19.0 Å². The highest BCUT2D eigenvalue weighted by Crippen LogP contribution is 2.58. The maximum atomic E-state index is 13.6. The van der Waals surface area contributed by atoms with Gasteiger partial charge in [0, 0.05) is 31.8 Å². The van der Waals surface area contributed by atoms with E-state index in [1.54, 1.807) is 13.0 Å². The Labute approximate surface area is 200 Å². The maximum Gasteiger partial charge on any atom is 0.255 e. The number of carbonyl (C=O) groups excluding carboxylic acids is 3. The largest absolute Gasteiger partial charge is 0.510 e. The Morgan fingerprint density at radius 3 is 2.35 bits per heavy atom. The van der Waals surface area contributed by atoms with E-state index in [-0.39, 0.29) is 41.1 Å². The Balaban J connectivity index is 0.00000103. The molecule has 3 aliphatic carbocycles. The van der Waals surface area contributed by atoms with E-state index >= 15 is 0 Å². The first-order valence-electron chi connectivity index (χ1n) is 11.6. The van der Waals surface area contributed by atoms with Gasteiger partial charge in [-0.05, 0) is 49.3 Å². The summed E-state index contributed by atoms with van der Waals surface area (Å²) in [5.41, 5.74) is 5.87. The molecule has 0 aromatic heterocycles. The number of primary amides is 1. The number of rotatable bonds is 3. The molecule has 8 heteroatoms. The van der Waals surface area contributed by atoms with Gasteiger partial charge in [0.25, 0.3) is 5.91 Å². The second-order valence-electron chi connectivity index (χ2n) is 9.59. The van der Waals surface area contributed by atoms with Crippen molar-refractivity contribution in [2.24, 2.45) is 23.0 Å². The van der Waals surface area contributed by atoms with Gasteiger partial charge in [-0.1, -0.05) is 20.3 Å². The predicted molar refractivity (Wildman–Crippen MR) is 129 cm³/mol. The normalized spacial score (nSPS) is 25.6. The average molecular weight is 471 g/mol. The summed E-state index contributed by atoms with van der Waals surface area (Å²) in [6.45, 7) is 5.92. The molecule has 4 rings (SSSR count). The van der Waals surface area contributed by atoms with Crippen molar-refractivity contribution in [2.75, 3.05) is 26.1 Å². The Morgan fingerprint density at radius 1 is 1.21 bits per heavy atom. The summed E-state index contributed by atoms with van der Waals surface area (Å²) in [6, 6.07) is 3.27. The number of methoxy groups -OCH3 is 1. The van der Waals surface area contributed by atoms with Crippen LogP contribution in [0.4, 0.5) is 5.69 Å². The van der Waals surface area contributed by atoms with E-state index in [9.17, 15) is 24.6 Å². The SMILES string of the molecule is CCC.COC1=C2C(=O)c3c(O)ccc(N(C)C)c3CC2CC2CC(=O)C(C(N)=O)=C(O)C12C. The number of nitrogens with zero attached hydrogens (tertiary/aromatic N) is 1. The van der Waals surface area contributed by atoms with E-state index in [4.69, 9.17) is 10.5 Å². The van der Waals surface area contributed by atoms with Gasteiger partial charge in [0.15, 0.2) is 11.6 Å². The van der Waals surface area contributed by atoms with E-state index in [1.165, 1.54) is 19.6 Å². The Bertz CT molecular complexity index is 1120. The van der Waals surface area contributed by atoms with Crippen molar-refractivity contribution < 1.29 is 29.3 Å². The van der Waals surface area contributed by atoms with Crippen LogP contribution >= 0.6 is 0 Å². The van der Waals surface area contributed by atoms with Gasteiger partial charge in [-0.3, -0.25) is 14.4 Å². The average Bonchev–Trinajstić information content (AvgIpc) is 2.74. The third kappa shape index (κ3) is 3.65. The number of anilines is 1. The number of Topliss-reactive ketones (excluding diaryl/α,β-unsaturated/α-hetero) is 2. The summed E-state index contributed by atoms with van der Waals surface area (Å²) in [5, 5.41) is 21.5. The minimum absolute atomic E-state index is 0.0249. The molecule has 1 amide bonds. The molecule has 0 spiro atoms. The van der Waals surface area contributed by atoms with Crippen molar-refractivity contribution in [3.05, 3.63) is 45.9 Å². The first-order chi connectivity index (χ1) is 15.9. The molecule has 0 bridgehead atoms. The highest BCUT2D eigenvalue weighted by atomic mass is 16.5. The van der Waals surface area contributed by atoms with E-state index in [0.29, 0.717) is 18.4 Å². The summed E-state index contributed by atoms with van der Waals surface area (Å²) in [4.78, 5) is 40.0. The lowest BCUT2D eigenvalue weighted by molar-refractivity contribution is -0.124. The number of phenolic OH excluding ortho intramolecular Hbond substituents is 1. The number of aliphatic hydroxyl groups excluding tert-OH is 1. The number of hydrogen-bond donors (Lipinski definition) is 3. The van der Waals surface area contributed by atoms with Crippen molar-refractivity contribution in [1.82, 2.24) is 0 Å². The number of phenols is 1. The van der Waals surface area contributed by atoms with Gasteiger partial charge in [-0.15, -0.1) is 0 Å². The molecular weight excluding hydrogens is 436 g/mol. The molecule has 4 N–H and O–H groups in total. The maximum absolute atomic E-state index is 13.6. The van der Waals surface area contributed by atoms with Crippen LogP contribution in [0.5, 0.6) is 5.75 Å². The highest BCUT2D eigenvalue weighted by Gasteiger charge is 2.57. The number of aliphatic hydroxyl groups is 1. The summed E-state index contributed by atoms with van der Waals surface area (Å²) < 4.78 is 5.68. The molecule has 3 unspecified atom stereocenters. The number of hydrogen-bond acceptors (Lipinski definition) is 7. The van der Waals surface area contributed by atoms with Gasteiger partial charge in [-0.2, -0.15) is 0 Å². The summed E-state index contributed by atoms with van der Waals surface area (Å²) in [5.74, 6) is -2.81. The van der Waals surface area contributed by atoms with Gasteiger partial charge < -0.3 is 25.6 Å². The lowest BCUT2D eigenvalue weighted by atomic mass is 9.56. The number of fused-ring (bicyclic) bond motifs is 3. The van der Waals surface area contributed by atoms with Crippen LogP contribution in [0.1, 0.15) is 56.0 Å². The fourth-order valence-electron chi connectivity index (χ4n) is 5.59. The second-order valence-corrected chi connectivity index (χ2v) is 9.59. The van der Waals surface area contributed by atoms with Crippen molar-refractivity contribution in [1.29, 1.82) is 0 Å². The minimum atomic E-state index is -1.24. The molecular formula is C26H34N2O6. The Kier molecular flexibility index (Phi) is 6.82. The summed E-state index contributed by atoms with van der Waals surface area (Å²) in [7, 11) is 5.14. The van der Waals surface area contributed by atoms with Crippen molar-refractivity contribution in [3.8, 4) is 5.75 Å². The fourth-order valence-corrected chi connectivity index (χ4v) is 5.59. The monoisotopic (exact) mass is 470 g/mol. The Morgan fingerprint density at radius 2 is 1.82 bits per heavy atom. The Hall–Kier alpha value is -3.29. The van der Waals surface area contributed by atoms with Crippen LogP contribution in [-0.2, 0) is 20.7 Å². The van der Waals surface area contributed by atoms with Gasteiger partial charge in [0.05, 0.1) is 18.1 Å². The topological polar surface area (TPSA) is 130 Å². The molecule has 3 atom stereocenters. The number of aromatic hydroxyl groups is 1. The van der Waals surface area contributed by atoms with Crippen molar-refractivity contribution in [2.45, 2.75) is 46.5 Å². The summed E-state index contributed by atoms with van der Waals surface area (Å²) >= 11 is 0. The second kappa shape index (κ2) is 9.16. The van der Waals surface area contributed by atoms with Gasteiger partial charge >= 0.3 is 0 Å². The van der Waals surface area contributed by atoms with Gasteiger partial charge in [0.2, 0.25) is 0 Å². The third-order valence-electron chi connectivity index (χ3n) is 7.07. The van der Waals surface area contributed by atoms with Crippen LogP contribution in [0.25, 0.3) is 0 Å². The molecule has 0 saturated heterocycles. The minimum Gasteiger partial charge on any atom is -0.510 e. The number of ketones is 2. The molecule has 0 radical (unpaired) electrons. The molecule has 3 aliphatic rings. The number of amides is 1. The zero-order chi connectivity index (χ0) is 25.5. The molecule has 8 nitrogen and oxygen atoms in total. The van der Waals surface area contributed by atoms with Crippen molar-refractivity contribution >= 4 is 23.2 Å². The highest BCUT2D eigenvalue weighted by molar-refractivity contribution is 6.20. The van der Waals surface area contributed by atoms with Gasteiger partial charge in [0.1, 0.15) is 22.8 Å². The molecule has 0 heterocycles. The molecule has 1 aromatic carbocycles. The molecule has 0 saturated carbocycles. The van der Waals surface area contributed by atoms with Crippen LogP contribution in [0, 0.1) is 17.3 Å². The molecule has 0 aliphatic heterocycles. The van der Waals surface area contributed by atoms with E-state index in [0.717, 1.165) is 11.3 Å². The van der Waals surface area contributed by atoms with Crippen LogP contribution in [0.15, 0.2) is 34.8 Å².